The van der Waals surface area contributed by atoms with E-state index in [4.69, 9.17) is 0 Å². The lowest BCUT2D eigenvalue weighted by Crippen LogP contribution is -2.39. The van der Waals surface area contributed by atoms with Crippen LogP contribution in [0.1, 0.15) is 56.0 Å². The number of amides is 1. The van der Waals surface area contributed by atoms with Crippen LogP contribution in [0.5, 0.6) is 0 Å². The number of rotatable bonds is 6. The monoisotopic (exact) mass is 247 g/mol. The van der Waals surface area contributed by atoms with E-state index in [0.717, 1.165) is 36.9 Å². The van der Waals surface area contributed by atoms with Crippen molar-refractivity contribution in [1.82, 2.24) is 4.90 Å². The molecule has 0 saturated carbocycles. The molecular formula is C16H25NO. The van der Waals surface area contributed by atoms with Crippen LogP contribution in [0.3, 0.4) is 0 Å². The molecular weight excluding hydrogens is 222 g/mol. The molecule has 0 aliphatic heterocycles. The largest absolute Gasteiger partial charge is 0.336 e. The molecule has 1 aromatic rings. The molecule has 0 radical (unpaired) electrons. The predicted molar refractivity (Wildman–Crippen MR) is 76.9 cm³/mol. The van der Waals surface area contributed by atoms with Crippen molar-refractivity contribution in [3.05, 3.63) is 35.4 Å². The van der Waals surface area contributed by atoms with E-state index in [1.807, 2.05) is 36.1 Å². The number of carbonyl (C=O) groups is 1. The Balaban J connectivity index is 2.87. The van der Waals surface area contributed by atoms with Crippen molar-refractivity contribution in [1.29, 1.82) is 0 Å². The van der Waals surface area contributed by atoms with Crippen LogP contribution < -0.4 is 0 Å². The summed E-state index contributed by atoms with van der Waals surface area (Å²) in [6, 6.07) is 8.18. The highest BCUT2D eigenvalue weighted by Gasteiger charge is 2.19. The van der Waals surface area contributed by atoms with Crippen molar-refractivity contribution in [3.8, 4) is 0 Å². The molecule has 0 saturated heterocycles. The van der Waals surface area contributed by atoms with Gasteiger partial charge in [-0.25, -0.2) is 0 Å². The topological polar surface area (TPSA) is 20.3 Å². The second kappa shape index (κ2) is 7.20. The Bertz CT molecular complexity index is 386. The average molecular weight is 247 g/mol. The summed E-state index contributed by atoms with van der Waals surface area (Å²) in [5.74, 6) is 0.168. The highest BCUT2D eigenvalue weighted by atomic mass is 16.2. The highest BCUT2D eigenvalue weighted by molar-refractivity contribution is 5.94. The zero-order valence-electron chi connectivity index (χ0n) is 12.1. The van der Waals surface area contributed by atoms with E-state index in [-0.39, 0.29) is 5.91 Å². The van der Waals surface area contributed by atoms with Crippen molar-refractivity contribution >= 4 is 5.91 Å². The van der Waals surface area contributed by atoms with E-state index in [9.17, 15) is 4.79 Å². The summed E-state index contributed by atoms with van der Waals surface area (Å²) in [5, 5.41) is 0. The second-order valence-corrected chi connectivity index (χ2v) is 4.98. The van der Waals surface area contributed by atoms with E-state index < -0.39 is 0 Å². The smallest absolute Gasteiger partial charge is 0.254 e. The summed E-state index contributed by atoms with van der Waals surface area (Å²) in [6.45, 7) is 9.30. The van der Waals surface area contributed by atoms with Crippen molar-refractivity contribution in [3.63, 3.8) is 0 Å². The first-order valence-corrected chi connectivity index (χ1v) is 6.97. The molecule has 0 fully saturated rings. The summed E-state index contributed by atoms with van der Waals surface area (Å²) >= 11 is 0. The van der Waals surface area contributed by atoms with Crippen molar-refractivity contribution in [2.45, 2.75) is 53.0 Å². The Labute approximate surface area is 111 Å². The summed E-state index contributed by atoms with van der Waals surface area (Å²) in [6.07, 6.45) is 3.19. The standard InChI is InChI=1S/C16H25NO/c1-5-7-11-17(14(4)6-2)16(18)15-10-8-9-13(3)12-15/h8-10,12,14H,5-7,11H2,1-4H3. The minimum atomic E-state index is 0.168. The summed E-state index contributed by atoms with van der Waals surface area (Å²) in [7, 11) is 0. The number of unbranched alkanes of at least 4 members (excludes halogenated alkanes) is 1. The molecule has 2 nitrogen and oxygen atoms in total. The molecule has 0 bridgehead atoms. The SMILES string of the molecule is CCCCN(C(=O)c1cccc(C)c1)C(C)CC. The lowest BCUT2D eigenvalue weighted by Gasteiger charge is -2.28. The molecule has 0 aromatic heterocycles. The van der Waals surface area contributed by atoms with E-state index in [2.05, 4.69) is 20.8 Å². The molecule has 0 spiro atoms. The van der Waals surface area contributed by atoms with Crippen molar-refractivity contribution < 1.29 is 4.79 Å². The van der Waals surface area contributed by atoms with Crippen molar-refractivity contribution in [2.24, 2.45) is 0 Å². The van der Waals surface area contributed by atoms with E-state index >= 15 is 0 Å². The maximum atomic E-state index is 12.5. The number of hydrogen-bond acceptors (Lipinski definition) is 1. The Morgan fingerprint density at radius 2 is 2.06 bits per heavy atom. The lowest BCUT2D eigenvalue weighted by molar-refractivity contribution is 0.0685. The highest BCUT2D eigenvalue weighted by Crippen LogP contribution is 2.13. The van der Waals surface area contributed by atoms with Gasteiger partial charge < -0.3 is 4.90 Å². The summed E-state index contributed by atoms with van der Waals surface area (Å²) < 4.78 is 0. The van der Waals surface area contributed by atoms with Gasteiger partial charge in [0.25, 0.3) is 5.91 Å². The van der Waals surface area contributed by atoms with Crippen LogP contribution in [0, 0.1) is 6.92 Å². The molecule has 0 aliphatic carbocycles. The van der Waals surface area contributed by atoms with Gasteiger partial charge in [0.1, 0.15) is 0 Å². The molecule has 18 heavy (non-hydrogen) atoms. The van der Waals surface area contributed by atoms with Gasteiger partial charge >= 0.3 is 0 Å². The molecule has 1 rings (SSSR count). The minimum Gasteiger partial charge on any atom is -0.336 e. The number of nitrogens with zero attached hydrogens (tertiary/aromatic N) is 1. The minimum absolute atomic E-state index is 0.168. The van der Waals surface area contributed by atoms with Crippen LogP contribution in [0.2, 0.25) is 0 Å². The number of carbonyl (C=O) groups excluding carboxylic acids is 1. The summed E-state index contributed by atoms with van der Waals surface area (Å²) in [5.41, 5.74) is 1.95. The molecule has 100 valence electrons. The fourth-order valence-corrected chi connectivity index (χ4v) is 2.01. The van der Waals surface area contributed by atoms with E-state index in [0.29, 0.717) is 6.04 Å². The first-order chi connectivity index (χ1) is 8.60. The third kappa shape index (κ3) is 3.86. The lowest BCUT2D eigenvalue weighted by atomic mass is 10.1. The van der Waals surface area contributed by atoms with E-state index in [1.54, 1.807) is 0 Å². The fraction of sp³-hybridized carbons (Fsp3) is 0.562. The van der Waals surface area contributed by atoms with Gasteiger partial charge in [-0.15, -0.1) is 0 Å². The zero-order valence-corrected chi connectivity index (χ0v) is 12.1. The molecule has 0 aliphatic rings. The van der Waals surface area contributed by atoms with Gasteiger partial charge in [-0.05, 0) is 38.8 Å². The maximum Gasteiger partial charge on any atom is 0.254 e. The van der Waals surface area contributed by atoms with Crippen LogP contribution in [0.15, 0.2) is 24.3 Å². The van der Waals surface area contributed by atoms with Gasteiger partial charge in [-0.1, -0.05) is 38.0 Å². The third-order valence-electron chi connectivity index (χ3n) is 3.40. The van der Waals surface area contributed by atoms with Crippen molar-refractivity contribution in [2.75, 3.05) is 6.54 Å². The van der Waals surface area contributed by atoms with Gasteiger partial charge in [0.05, 0.1) is 0 Å². The van der Waals surface area contributed by atoms with Crippen LogP contribution in [0.25, 0.3) is 0 Å². The van der Waals surface area contributed by atoms with E-state index in [1.165, 1.54) is 0 Å². The second-order valence-electron chi connectivity index (χ2n) is 4.98. The third-order valence-corrected chi connectivity index (χ3v) is 3.40. The Kier molecular flexibility index (Phi) is 5.90. The molecule has 1 unspecified atom stereocenters. The Morgan fingerprint density at radius 3 is 2.61 bits per heavy atom. The quantitative estimate of drug-likeness (QED) is 0.743. The van der Waals surface area contributed by atoms with Gasteiger partial charge in [-0.2, -0.15) is 0 Å². The zero-order chi connectivity index (χ0) is 13.5. The Hall–Kier alpha value is -1.31. The van der Waals surface area contributed by atoms with Crippen LogP contribution in [-0.4, -0.2) is 23.4 Å². The average Bonchev–Trinajstić information content (AvgIpc) is 2.38. The maximum absolute atomic E-state index is 12.5. The molecule has 2 heteroatoms. The first-order valence-electron chi connectivity index (χ1n) is 6.97. The van der Waals surface area contributed by atoms with Crippen LogP contribution >= 0.6 is 0 Å². The number of benzene rings is 1. The molecule has 1 atom stereocenters. The fourth-order valence-electron chi connectivity index (χ4n) is 2.01. The van der Waals surface area contributed by atoms with Gasteiger partial charge in [0, 0.05) is 18.2 Å². The molecule has 1 aromatic carbocycles. The van der Waals surface area contributed by atoms with Crippen LogP contribution in [0.4, 0.5) is 0 Å². The molecule has 0 heterocycles. The predicted octanol–water partition coefficient (Wildman–Crippen LogP) is 4.04. The molecule has 0 N–H and O–H groups in total. The van der Waals surface area contributed by atoms with Gasteiger partial charge in [0.2, 0.25) is 0 Å². The number of aryl methyl sites for hydroxylation is 1. The summed E-state index contributed by atoms with van der Waals surface area (Å²) in [4.78, 5) is 14.5. The first kappa shape index (κ1) is 14.7. The Morgan fingerprint density at radius 1 is 1.33 bits per heavy atom. The molecule has 1 amide bonds. The normalized spacial score (nSPS) is 12.2. The van der Waals surface area contributed by atoms with Gasteiger partial charge in [0.15, 0.2) is 0 Å². The number of hydrogen-bond donors (Lipinski definition) is 0. The van der Waals surface area contributed by atoms with Gasteiger partial charge in [-0.3, -0.25) is 4.79 Å². The van der Waals surface area contributed by atoms with Crippen LogP contribution in [-0.2, 0) is 0 Å².